The predicted molar refractivity (Wildman–Crippen MR) is 76.0 cm³/mol. The fourth-order valence-electron chi connectivity index (χ4n) is 1.31. The summed E-state index contributed by atoms with van der Waals surface area (Å²) in [5.74, 6) is -0.726. The van der Waals surface area contributed by atoms with Crippen molar-refractivity contribution in [2.45, 2.75) is 19.5 Å². The number of rotatable bonds is 7. The van der Waals surface area contributed by atoms with E-state index in [1.54, 1.807) is 0 Å². The first-order chi connectivity index (χ1) is 8.99. The van der Waals surface area contributed by atoms with Crippen LogP contribution < -0.4 is 11.1 Å². The van der Waals surface area contributed by atoms with Gasteiger partial charge in [-0.15, -0.1) is 11.8 Å². The summed E-state index contributed by atoms with van der Waals surface area (Å²) in [5, 5.41) is 11.4. The second-order valence-corrected chi connectivity index (χ2v) is 5.25. The molecule has 0 aliphatic rings. The highest BCUT2D eigenvalue weighted by Gasteiger charge is 2.12. The highest BCUT2D eigenvalue weighted by Crippen LogP contribution is 2.04. The van der Waals surface area contributed by atoms with Crippen molar-refractivity contribution < 1.29 is 14.7 Å². The van der Waals surface area contributed by atoms with Crippen LogP contribution in [0.25, 0.3) is 0 Å². The molecule has 4 N–H and O–H groups in total. The van der Waals surface area contributed by atoms with Crippen LogP contribution in [0.15, 0.2) is 24.3 Å². The van der Waals surface area contributed by atoms with Crippen LogP contribution in [0.3, 0.4) is 0 Å². The number of nitrogens with two attached hydrogens (primary N) is 1. The Morgan fingerprint density at radius 1 is 1.37 bits per heavy atom. The lowest BCUT2D eigenvalue weighted by Crippen LogP contribution is -2.33. The van der Waals surface area contributed by atoms with E-state index in [1.165, 1.54) is 17.3 Å². The van der Waals surface area contributed by atoms with Gasteiger partial charge in [-0.05, 0) is 12.5 Å². The molecule has 0 unspecified atom stereocenters. The van der Waals surface area contributed by atoms with Crippen molar-refractivity contribution in [2.75, 3.05) is 11.5 Å². The van der Waals surface area contributed by atoms with E-state index < -0.39 is 12.0 Å². The average Bonchev–Trinajstić information content (AvgIpc) is 2.37. The molecule has 0 aliphatic heterocycles. The van der Waals surface area contributed by atoms with Crippen LogP contribution >= 0.6 is 11.8 Å². The zero-order chi connectivity index (χ0) is 14.3. The molecule has 1 atom stereocenters. The quantitative estimate of drug-likeness (QED) is 0.686. The Bertz CT molecular complexity index is 434. The number of thioether (sulfide) groups is 1. The summed E-state index contributed by atoms with van der Waals surface area (Å²) in [7, 11) is 0. The number of aryl methyl sites for hydroxylation is 1. The minimum atomic E-state index is -1.05. The molecule has 0 heterocycles. The van der Waals surface area contributed by atoms with E-state index in [0.717, 1.165) is 5.56 Å². The van der Waals surface area contributed by atoms with Gasteiger partial charge in [0.25, 0.3) is 0 Å². The summed E-state index contributed by atoms with van der Waals surface area (Å²) in [4.78, 5) is 22.0. The lowest BCUT2D eigenvalue weighted by atomic mass is 10.1. The number of hydrogen-bond donors (Lipinski definition) is 3. The fraction of sp³-hybridized carbons (Fsp3) is 0.385. The number of nitrogens with one attached hydrogen (secondary N) is 1. The molecule has 1 aromatic rings. The summed E-state index contributed by atoms with van der Waals surface area (Å²) in [5.41, 5.74) is 7.54. The maximum absolute atomic E-state index is 11.5. The summed E-state index contributed by atoms with van der Waals surface area (Å²) in [6, 6.07) is 6.98. The largest absolute Gasteiger partial charge is 0.480 e. The molecule has 0 fully saturated rings. The van der Waals surface area contributed by atoms with Gasteiger partial charge in [0.1, 0.15) is 6.04 Å². The van der Waals surface area contributed by atoms with Crippen LogP contribution in [0, 0.1) is 6.92 Å². The van der Waals surface area contributed by atoms with Crippen molar-refractivity contribution in [1.29, 1.82) is 0 Å². The van der Waals surface area contributed by atoms with Gasteiger partial charge in [0.05, 0.1) is 5.75 Å². The van der Waals surface area contributed by atoms with Gasteiger partial charge in [-0.3, -0.25) is 9.59 Å². The number of aliphatic carboxylic acids is 1. The Hall–Kier alpha value is -1.53. The molecule has 5 nitrogen and oxygen atoms in total. The molecule has 0 bridgehead atoms. The first kappa shape index (κ1) is 15.5. The topological polar surface area (TPSA) is 92.4 Å². The van der Waals surface area contributed by atoms with Crippen molar-refractivity contribution in [2.24, 2.45) is 5.73 Å². The minimum absolute atomic E-state index is 0.122. The maximum atomic E-state index is 11.5. The maximum Gasteiger partial charge on any atom is 0.321 e. The SMILES string of the molecule is Cc1ccc(CNC(=O)CSC[C@@H](N)C(=O)O)cc1. The molecular weight excluding hydrogens is 264 g/mol. The Morgan fingerprint density at radius 2 is 2.00 bits per heavy atom. The number of hydrogen-bond acceptors (Lipinski definition) is 4. The van der Waals surface area contributed by atoms with E-state index in [-0.39, 0.29) is 17.4 Å². The van der Waals surface area contributed by atoms with E-state index in [1.807, 2.05) is 31.2 Å². The van der Waals surface area contributed by atoms with Crippen LogP contribution in [0.4, 0.5) is 0 Å². The van der Waals surface area contributed by atoms with E-state index in [0.29, 0.717) is 6.54 Å². The van der Waals surface area contributed by atoms with Gasteiger partial charge in [0.15, 0.2) is 0 Å². The van der Waals surface area contributed by atoms with Gasteiger partial charge in [-0.2, -0.15) is 0 Å². The molecule has 104 valence electrons. The first-order valence-corrected chi connectivity index (χ1v) is 7.03. The molecule has 0 radical (unpaired) electrons. The fourth-order valence-corrected chi connectivity index (χ4v) is 2.11. The predicted octanol–water partition coefficient (Wildman–Crippen LogP) is 0.756. The van der Waals surface area contributed by atoms with E-state index in [9.17, 15) is 9.59 Å². The van der Waals surface area contributed by atoms with E-state index in [4.69, 9.17) is 10.8 Å². The molecule has 1 aromatic carbocycles. The van der Waals surface area contributed by atoms with Crippen LogP contribution in [0.2, 0.25) is 0 Å². The zero-order valence-corrected chi connectivity index (χ0v) is 11.6. The molecule has 0 aromatic heterocycles. The lowest BCUT2D eigenvalue weighted by Gasteiger charge is -2.07. The highest BCUT2D eigenvalue weighted by molar-refractivity contribution is 8.00. The summed E-state index contributed by atoms with van der Waals surface area (Å²) in [6.45, 7) is 2.48. The van der Waals surface area contributed by atoms with Crippen molar-refractivity contribution >= 4 is 23.6 Å². The van der Waals surface area contributed by atoms with Gasteiger partial charge in [0.2, 0.25) is 5.91 Å². The van der Waals surface area contributed by atoms with Gasteiger partial charge in [0, 0.05) is 12.3 Å². The van der Waals surface area contributed by atoms with Crippen molar-refractivity contribution in [3.05, 3.63) is 35.4 Å². The molecule has 6 heteroatoms. The van der Waals surface area contributed by atoms with Crippen molar-refractivity contribution in [3.63, 3.8) is 0 Å². The lowest BCUT2D eigenvalue weighted by molar-refractivity contribution is -0.138. The molecule has 0 saturated heterocycles. The van der Waals surface area contributed by atoms with E-state index >= 15 is 0 Å². The highest BCUT2D eigenvalue weighted by atomic mass is 32.2. The van der Waals surface area contributed by atoms with E-state index in [2.05, 4.69) is 5.32 Å². The molecule has 0 aliphatic carbocycles. The second kappa shape index (κ2) is 7.81. The molecule has 19 heavy (non-hydrogen) atoms. The second-order valence-electron chi connectivity index (χ2n) is 4.22. The van der Waals surface area contributed by atoms with Crippen LogP contribution in [-0.2, 0) is 16.1 Å². The number of amides is 1. The molecule has 0 spiro atoms. The van der Waals surface area contributed by atoms with Crippen molar-refractivity contribution in [3.8, 4) is 0 Å². The standard InChI is InChI=1S/C13H18N2O3S/c1-9-2-4-10(5-3-9)6-15-12(16)8-19-7-11(14)13(17)18/h2-5,11H,6-8,14H2,1H3,(H,15,16)(H,17,18)/t11-/m1/s1. The summed E-state index contributed by atoms with van der Waals surface area (Å²) < 4.78 is 0. The van der Waals surface area contributed by atoms with Crippen LogP contribution in [0.5, 0.6) is 0 Å². The van der Waals surface area contributed by atoms with Gasteiger partial charge >= 0.3 is 5.97 Å². The smallest absolute Gasteiger partial charge is 0.321 e. The number of carbonyl (C=O) groups excluding carboxylic acids is 1. The Labute approximate surface area is 116 Å². The zero-order valence-electron chi connectivity index (χ0n) is 10.8. The third-order valence-electron chi connectivity index (χ3n) is 2.46. The van der Waals surface area contributed by atoms with Gasteiger partial charge < -0.3 is 16.2 Å². The molecule has 1 amide bonds. The first-order valence-electron chi connectivity index (χ1n) is 5.87. The number of carboxylic acid groups (broad SMARTS) is 1. The van der Waals surface area contributed by atoms with Gasteiger partial charge in [-0.1, -0.05) is 29.8 Å². The number of carboxylic acids is 1. The molecule has 1 rings (SSSR count). The van der Waals surface area contributed by atoms with Crippen LogP contribution in [-0.4, -0.2) is 34.5 Å². The third-order valence-corrected chi connectivity index (χ3v) is 3.52. The normalized spacial score (nSPS) is 11.9. The molecule has 0 saturated carbocycles. The summed E-state index contributed by atoms with van der Waals surface area (Å²) >= 11 is 1.22. The van der Waals surface area contributed by atoms with Gasteiger partial charge in [-0.25, -0.2) is 0 Å². The Kier molecular flexibility index (Phi) is 6.38. The average molecular weight is 282 g/mol. The van der Waals surface area contributed by atoms with Crippen LogP contribution in [0.1, 0.15) is 11.1 Å². The Balaban J connectivity index is 2.21. The molecular formula is C13H18N2O3S. The third kappa shape index (κ3) is 6.26. The summed E-state index contributed by atoms with van der Waals surface area (Å²) in [6.07, 6.45) is 0. The number of carbonyl (C=O) groups is 2. The minimum Gasteiger partial charge on any atom is -0.480 e. The Morgan fingerprint density at radius 3 is 2.58 bits per heavy atom. The van der Waals surface area contributed by atoms with Crippen molar-refractivity contribution in [1.82, 2.24) is 5.32 Å². The monoisotopic (exact) mass is 282 g/mol. The number of benzene rings is 1.